The second-order valence-corrected chi connectivity index (χ2v) is 9.72. The van der Waals surface area contributed by atoms with Crippen LogP contribution in [0.3, 0.4) is 0 Å². The maximum Gasteiger partial charge on any atom is 0.321 e. The number of nitrogens with two attached hydrogens (primary N) is 1. The lowest BCUT2D eigenvalue weighted by Crippen LogP contribution is -2.25. The van der Waals surface area contributed by atoms with E-state index in [1.54, 1.807) is 12.1 Å². The second kappa shape index (κ2) is 14.5. The second-order valence-electron chi connectivity index (χ2n) is 8.36. The number of thioether (sulfide) groups is 1. The van der Waals surface area contributed by atoms with Gasteiger partial charge in [-0.25, -0.2) is 0 Å². The lowest BCUT2D eigenvalue weighted by Gasteiger charge is -2.23. The van der Waals surface area contributed by atoms with E-state index in [0.717, 1.165) is 31.0 Å². The highest BCUT2D eigenvalue weighted by Gasteiger charge is 2.43. The number of carboxylic acid groups (broad SMARTS) is 2. The smallest absolute Gasteiger partial charge is 0.321 e. The van der Waals surface area contributed by atoms with Gasteiger partial charge in [0.2, 0.25) is 0 Å². The van der Waals surface area contributed by atoms with Gasteiger partial charge < -0.3 is 20.7 Å². The highest BCUT2D eigenvalue weighted by molar-refractivity contribution is 8.01. The Balaban J connectivity index is 1.92. The van der Waals surface area contributed by atoms with Crippen LogP contribution in [0.1, 0.15) is 88.4 Å². The molecule has 0 saturated heterocycles. The molecule has 2 rings (SSSR count). The van der Waals surface area contributed by atoms with Crippen LogP contribution in [0, 0.1) is 0 Å². The number of nitrogen functional groups attached to an aromatic ring is 1. The van der Waals surface area contributed by atoms with Gasteiger partial charge in [0.25, 0.3) is 4.99 Å². The summed E-state index contributed by atoms with van der Waals surface area (Å²) in [4.78, 5) is 21.8. The van der Waals surface area contributed by atoms with E-state index in [9.17, 15) is 19.8 Å². The summed E-state index contributed by atoms with van der Waals surface area (Å²) >= 11 is 0.735. The Morgan fingerprint density at radius 1 is 1.00 bits per heavy atom. The van der Waals surface area contributed by atoms with Crippen molar-refractivity contribution in [3.05, 3.63) is 23.8 Å². The van der Waals surface area contributed by atoms with Crippen LogP contribution in [0.5, 0.6) is 5.75 Å². The summed E-state index contributed by atoms with van der Waals surface area (Å²) in [6.45, 7) is 2.67. The topological polar surface area (TPSA) is 159 Å². The third-order valence-electron chi connectivity index (χ3n) is 5.43. The molecule has 0 saturated carbocycles. The molecule has 34 heavy (non-hydrogen) atoms. The van der Waals surface area contributed by atoms with Crippen LogP contribution in [0.25, 0.3) is 0 Å². The highest BCUT2D eigenvalue weighted by Crippen LogP contribution is 2.47. The van der Waals surface area contributed by atoms with E-state index in [1.807, 2.05) is 0 Å². The summed E-state index contributed by atoms with van der Waals surface area (Å²) in [5.74, 6) is -2.00. The van der Waals surface area contributed by atoms with E-state index < -0.39 is 28.6 Å². The molecule has 4 N–H and O–H groups in total. The number of benzene rings is 1. The molecule has 0 amide bonds. The van der Waals surface area contributed by atoms with E-state index in [4.69, 9.17) is 10.5 Å². The fraction of sp³-hybridized carbons (Fsp3) is 0.652. The normalized spacial score (nSPS) is 14.9. The van der Waals surface area contributed by atoms with Crippen LogP contribution < -0.4 is 10.5 Å². The van der Waals surface area contributed by atoms with Crippen LogP contribution >= 0.6 is 11.8 Å². The molecular weight excluding hydrogens is 458 g/mol. The van der Waals surface area contributed by atoms with Gasteiger partial charge in [0.15, 0.2) is 0 Å². The van der Waals surface area contributed by atoms with Crippen LogP contribution in [0.15, 0.2) is 38.9 Å². The van der Waals surface area contributed by atoms with Crippen molar-refractivity contribution >= 4 is 29.4 Å². The van der Waals surface area contributed by atoms with Crippen molar-refractivity contribution in [1.82, 2.24) is 0 Å². The Morgan fingerprint density at radius 2 is 1.59 bits per heavy atom. The average Bonchev–Trinajstić information content (AvgIpc) is 3.24. The third-order valence-corrected chi connectivity index (χ3v) is 6.80. The van der Waals surface area contributed by atoms with Gasteiger partial charge in [-0.1, -0.05) is 76.5 Å². The molecule has 1 aromatic rings. The van der Waals surface area contributed by atoms with Gasteiger partial charge in [0, 0.05) is 11.3 Å². The minimum absolute atomic E-state index is 0.326. The molecule has 1 aromatic carbocycles. The van der Waals surface area contributed by atoms with Gasteiger partial charge in [-0.2, -0.15) is 0 Å². The van der Waals surface area contributed by atoms with Gasteiger partial charge in [0.1, 0.15) is 17.4 Å². The number of rotatable bonds is 18. The number of hydrogen-bond donors (Lipinski definition) is 3. The number of carbonyl (C=O) groups is 2. The average molecular weight is 494 g/mol. The molecule has 1 atom stereocenters. The fourth-order valence-corrected chi connectivity index (χ4v) is 4.83. The lowest BCUT2D eigenvalue weighted by molar-refractivity contribution is -0.138. The van der Waals surface area contributed by atoms with E-state index in [-0.39, 0.29) is 0 Å². The number of anilines is 1. The number of ether oxygens (including phenoxy) is 1. The number of hydrogen-bond acceptors (Lipinski definition) is 9. The molecule has 1 heterocycles. The van der Waals surface area contributed by atoms with Gasteiger partial charge >= 0.3 is 11.9 Å². The van der Waals surface area contributed by atoms with Crippen molar-refractivity contribution in [3.63, 3.8) is 0 Å². The first-order valence-electron chi connectivity index (χ1n) is 11.9. The standard InChI is InChI=1S/C23H35N5O5S/c1-2-3-4-5-6-7-8-9-10-11-14-33-19-13-12-17(24)15-18(19)21(22(31)32)34-23(16-20(29)30)25-27-28-26-23/h12-13,15,21H,2-11,14,16,24H2,1H3,(H,29,30)(H,31,32). The minimum atomic E-state index is -1.65. The summed E-state index contributed by atoms with van der Waals surface area (Å²) < 4.78 is 5.92. The van der Waals surface area contributed by atoms with Crippen LogP contribution in [-0.2, 0) is 9.59 Å². The summed E-state index contributed by atoms with van der Waals surface area (Å²) in [5.41, 5.74) is 6.61. The van der Waals surface area contributed by atoms with Crippen molar-refractivity contribution in [1.29, 1.82) is 0 Å². The Hall–Kier alpha value is -2.69. The minimum Gasteiger partial charge on any atom is -0.493 e. The molecule has 1 aliphatic rings. The first kappa shape index (κ1) is 27.6. The Kier molecular flexibility index (Phi) is 11.8. The van der Waals surface area contributed by atoms with Crippen LogP contribution in [-0.4, -0.2) is 33.8 Å². The summed E-state index contributed by atoms with van der Waals surface area (Å²) in [5, 5.41) is 32.2. The molecule has 11 heteroatoms. The Labute approximate surface area is 204 Å². The van der Waals surface area contributed by atoms with E-state index >= 15 is 0 Å². The molecule has 1 unspecified atom stereocenters. The zero-order chi connectivity index (χ0) is 24.8. The molecule has 0 fully saturated rings. The molecule has 0 spiro atoms. The Morgan fingerprint density at radius 3 is 2.15 bits per heavy atom. The first-order valence-corrected chi connectivity index (χ1v) is 12.7. The van der Waals surface area contributed by atoms with Crippen molar-refractivity contribution in [2.24, 2.45) is 20.7 Å². The van der Waals surface area contributed by atoms with Crippen LogP contribution in [0.2, 0.25) is 0 Å². The summed E-state index contributed by atoms with van der Waals surface area (Å²) in [6, 6.07) is 4.80. The van der Waals surface area contributed by atoms with Crippen LogP contribution in [0.4, 0.5) is 5.69 Å². The molecule has 0 radical (unpaired) electrons. The van der Waals surface area contributed by atoms with Crippen molar-refractivity contribution in [3.8, 4) is 5.75 Å². The summed E-state index contributed by atoms with van der Waals surface area (Å²) in [6.07, 6.45) is 11.5. The van der Waals surface area contributed by atoms with Gasteiger partial charge in [-0.15, -0.1) is 10.2 Å². The molecule has 10 nitrogen and oxygen atoms in total. The number of unbranched alkanes of at least 4 members (excludes halogenated alkanes) is 9. The first-order chi connectivity index (χ1) is 16.4. The van der Waals surface area contributed by atoms with Crippen molar-refractivity contribution in [2.75, 3.05) is 12.3 Å². The number of carboxylic acids is 2. The Bertz CT molecular complexity index is 852. The van der Waals surface area contributed by atoms with E-state index in [1.165, 1.54) is 51.0 Å². The zero-order valence-electron chi connectivity index (χ0n) is 19.7. The van der Waals surface area contributed by atoms with Crippen molar-refractivity contribution in [2.45, 2.75) is 87.8 Å². The molecular formula is C23H35N5O5S. The number of aliphatic carboxylic acids is 2. The highest BCUT2D eigenvalue weighted by atomic mass is 32.2. The molecule has 0 aromatic heterocycles. The molecule has 0 aliphatic carbocycles. The summed E-state index contributed by atoms with van der Waals surface area (Å²) in [7, 11) is 0. The monoisotopic (exact) mass is 493 g/mol. The predicted molar refractivity (Wildman–Crippen MR) is 131 cm³/mol. The van der Waals surface area contributed by atoms with E-state index in [2.05, 4.69) is 27.6 Å². The molecule has 188 valence electrons. The third kappa shape index (κ3) is 9.28. The fourth-order valence-electron chi connectivity index (χ4n) is 3.67. The largest absolute Gasteiger partial charge is 0.493 e. The molecule has 1 aliphatic heterocycles. The van der Waals surface area contributed by atoms with E-state index in [0.29, 0.717) is 23.6 Å². The maximum atomic E-state index is 12.1. The maximum absolute atomic E-state index is 12.1. The zero-order valence-corrected chi connectivity index (χ0v) is 20.5. The molecule has 0 bridgehead atoms. The number of nitrogens with zero attached hydrogens (tertiary/aromatic N) is 4. The van der Waals surface area contributed by atoms with Gasteiger partial charge in [0.05, 0.1) is 6.61 Å². The predicted octanol–water partition coefficient (Wildman–Crippen LogP) is 6.39. The lowest BCUT2D eigenvalue weighted by atomic mass is 10.1. The quantitative estimate of drug-likeness (QED) is 0.158. The van der Waals surface area contributed by atoms with Gasteiger partial charge in [-0.05, 0) is 35.1 Å². The van der Waals surface area contributed by atoms with Gasteiger partial charge in [-0.3, -0.25) is 9.59 Å². The SMILES string of the molecule is CCCCCCCCCCCCOc1ccc(N)cc1C(SC1(CC(=O)O)N=NN=N1)C(=O)O. The van der Waals surface area contributed by atoms with Crippen molar-refractivity contribution < 1.29 is 24.5 Å².